The van der Waals surface area contributed by atoms with Crippen LogP contribution < -0.4 is 14.2 Å². The first-order valence-corrected chi connectivity index (χ1v) is 9.25. The summed E-state index contributed by atoms with van der Waals surface area (Å²) in [4.78, 5) is 11.0. The fraction of sp³-hybridized carbons (Fsp3) is 0.188. The van der Waals surface area contributed by atoms with E-state index in [-0.39, 0.29) is 16.1 Å². The topological polar surface area (TPSA) is 102 Å². The predicted octanol–water partition coefficient (Wildman–Crippen LogP) is 3.27. The lowest BCUT2D eigenvalue weighted by Crippen LogP contribution is -2.15. The molecule has 0 fully saturated rings. The molecular weight excluding hydrogens is 414 g/mol. The number of carboxylic acid groups (broad SMARTS) is 1. The van der Waals surface area contributed by atoms with Crippen molar-refractivity contribution in [3.05, 3.63) is 45.9 Å². The van der Waals surface area contributed by atoms with E-state index in [9.17, 15) is 13.2 Å². The Morgan fingerprint density at radius 3 is 2.12 bits per heavy atom. The fourth-order valence-electron chi connectivity index (χ4n) is 2.13. The summed E-state index contributed by atoms with van der Waals surface area (Å²) in [6.07, 6.45) is 0. The molecule has 25 heavy (non-hydrogen) atoms. The van der Waals surface area contributed by atoms with Gasteiger partial charge in [-0.05, 0) is 40.5 Å². The molecule has 0 aliphatic heterocycles. The van der Waals surface area contributed by atoms with E-state index in [1.54, 1.807) is 13.0 Å². The molecule has 0 unspecified atom stereocenters. The second-order valence-corrected chi connectivity index (χ2v) is 7.56. The van der Waals surface area contributed by atoms with E-state index in [0.29, 0.717) is 21.5 Å². The van der Waals surface area contributed by atoms with Gasteiger partial charge in [-0.15, -0.1) is 0 Å². The van der Waals surface area contributed by atoms with Crippen LogP contribution in [0.2, 0.25) is 0 Å². The summed E-state index contributed by atoms with van der Waals surface area (Å²) in [5.74, 6) is -0.395. The van der Waals surface area contributed by atoms with Gasteiger partial charge in [0.2, 0.25) is 0 Å². The number of methoxy groups -OCH3 is 2. The van der Waals surface area contributed by atoms with Crippen molar-refractivity contribution in [3.8, 4) is 11.5 Å². The summed E-state index contributed by atoms with van der Waals surface area (Å²) >= 11 is 3.21. The maximum Gasteiger partial charge on any atom is 0.335 e. The Labute approximate surface area is 153 Å². The number of aromatic carboxylic acids is 1. The minimum Gasteiger partial charge on any atom is -0.497 e. The van der Waals surface area contributed by atoms with E-state index in [4.69, 9.17) is 14.6 Å². The second kappa shape index (κ2) is 7.32. The number of carbonyl (C=O) groups is 1. The van der Waals surface area contributed by atoms with Gasteiger partial charge in [0, 0.05) is 22.7 Å². The Kier molecular flexibility index (Phi) is 5.58. The Balaban J connectivity index is 2.52. The summed E-state index contributed by atoms with van der Waals surface area (Å²) in [6.45, 7) is 1.62. The normalized spacial score (nSPS) is 11.0. The number of anilines is 1. The molecule has 0 bridgehead atoms. The zero-order chi connectivity index (χ0) is 18.8. The van der Waals surface area contributed by atoms with Gasteiger partial charge in [0.05, 0.1) is 25.5 Å². The number of hydrogen-bond donors (Lipinski definition) is 2. The van der Waals surface area contributed by atoms with E-state index < -0.39 is 16.0 Å². The van der Waals surface area contributed by atoms with E-state index >= 15 is 0 Å². The molecule has 2 aromatic carbocycles. The Bertz CT molecular complexity index is 904. The summed E-state index contributed by atoms with van der Waals surface area (Å²) in [7, 11) is -1.15. The number of rotatable bonds is 6. The van der Waals surface area contributed by atoms with Gasteiger partial charge >= 0.3 is 5.97 Å². The van der Waals surface area contributed by atoms with E-state index in [1.807, 2.05) is 0 Å². The van der Waals surface area contributed by atoms with Gasteiger partial charge in [0.1, 0.15) is 16.4 Å². The number of carboxylic acids is 1. The monoisotopic (exact) mass is 429 g/mol. The minimum absolute atomic E-state index is 0.121. The Morgan fingerprint density at radius 2 is 1.64 bits per heavy atom. The van der Waals surface area contributed by atoms with E-state index in [0.717, 1.165) is 6.07 Å². The Morgan fingerprint density at radius 1 is 1.08 bits per heavy atom. The van der Waals surface area contributed by atoms with Gasteiger partial charge in [0.15, 0.2) is 0 Å². The molecule has 0 spiro atoms. The highest BCUT2D eigenvalue weighted by Gasteiger charge is 2.22. The summed E-state index contributed by atoms with van der Waals surface area (Å²) < 4.78 is 38.4. The van der Waals surface area contributed by atoms with Crippen LogP contribution >= 0.6 is 15.9 Å². The number of benzene rings is 2. The lowest BCUT2D eigenvalue weighted by molar-refractivity contribution is 0.0696. The van der Waals surface area contributed by atoms with Crippen molar-refractivity contribution in [1.29, 1.82) is 0 Å². The van der Waals surface area contributed by atoms with Gasteiger partial charge in [-0.25, -0.2) is 13.2 Å². The first-order chi connectivity index (χ1) is 11.7. The van der Waals surface area contributed by atoms with Crippen molar-refractivity contribution in [3.63, 3.8) is 0 Å². The molecular formula is C16H16BrNO6S. The molecule has 0 amide bonds. The van der Waals surface area contributed by atoms with E-state index in [2.05, 4.69) is 20.7 Å². The molecule has 0 aliphatic carbocycles. The summed E-state index contributed by atoms with van der Waals surface area (Å²) in [5, 5.41) is 9.15. The Hall–Kier alpha value is -2.26. The van der Waals surface area contributed by atoms with E-state index in [1.165, 1.54) is 32.4 Å². The molecule has 7 nitrogen and oxygen atoms in total. The third kappa shape index (κ3) is 4.23. The first-order valence-electron chi connectivity index (χ1n) is 6.97. The zero-order valence-electron chi connectivity index (χ0n) is 13.7. The summed E-state index contributed by atoms with van der Waals surface area (Å²) in [5.41, 5.74) is 0.592. The van der Waals surface area contributed by atoms with Crippen LogP contribution in [0.15, 0.2) is 39.7 Å². The molecule has 0 aromatic heterocycles. The average Bonchev–Trinajstić information content (AvgIpc) is 2.55. The minimum atomic E-state index is -4.04. The fourth-order valence-corrected chi connectivity index (χ4v) is 4.22. The van der Waals surface area contributed by atoms with Crippen molar-refractivity contribution in [2.24, 2.45) is 0 Å². The number of aryl methyl sites for hydroxylation is 1. The van der Waals surface area contributed by atoms with Crippen LogP contribution in [0.25, 0.3) is 0 Å². The van der Waals surface area contributed by atoms with Crippen molar-refractivity contribution in [2.45, 2.75) is 11.8 Å². The molecule has 0 saturated heterocycles. The molecule has 0 atom stereocenters. The van der Waals surface area contributed by atoms with Crippen molar-refractivity contribution in [1.82, 2.24) is 0 Å². The van der Waals surface area contributed by atoms with Gasteiger partial charge in [-0.2, -0.15) is 0 Å². The van der Waals surface area contributed by atoms with Gasteiger partial charge in [-0.1, -0.05) is 0 Å². The maximum atomic E-state index is 12.7. The molecule has 0 saturated carbocycles. The number of nitrogens with one attached hydrogen (secondary N) is 1. The SMILES string of the molecule is COc1cc(NS(=O)(=O)c2cc(C(=O)O)cc(C)c2Br)cc(OC)c1. The molecule has 2 aromatic rings. The smallest absolute Gasteiger partial charge is 0.335 e. The average molecular weight is 430 g/mol. The molecule has 9 heteroatoms. The standard InChI is InChI=1S/C16H16BrNO6S/c1-9-4-10(16(19)20)5-14(15(9)17)25(21,22)18-11-6-12(23-2)8-13(7-11)24-3/h4-8,18H,1-3H3,(H,19,20). The highest BCUT2D eigenvalue weighted by molar-refractivity contribution is 9.10. The van der Waals surface area contributed by atoms with Gasteiger partial charge in [-0.3, -0.25) is 4.72 Å². The van der Waals surface area contributed by atoms with Crippen molar-refractivity contribution in [2.75, 3.05) is 18.9 Å². The third-order valence-corrected chi connectivity index (χ3v) is 6.08. The van der Waals surface area contributed by atoms with Crippen LogP contribution in [-0.2, 0) is 10.0 Å². The maximum absolute atomic E-state index is 12.7. The molecule has 134 valence electrons. The lowest BCUT2D eigenvalue weighted by Gasteiger charge is -2.14. The second-order valence-electron chi connectivity index (χ2n) is 5.12. The lowest BCUT2D eigenvalue weighted by atomic mass is 10.1. The third-order valence-electron chi connectivity index (χ3n) is 3.36. The quantitative estimate of drug-likeness (QED) is 0.730. The van der Waals surface area contributed by atoms with Crippen LogP contribution in [-0.4, -0.2) is 33.7 Å². The highest BCUT2D eigenvalue weighted by Crippen LogP contribution is 2.31. The van der Waals surface area contributed by atoms with Crippen LogP contribution in [0.4, 0.5) is 5.69 Å². The van der Waals surface area contributed by atoms with Crippen molar-refractivity contribution < 1.29 is 27.8 Å². The number of ether oxygens (including phenoxy) is 2. The van der Waals surface area contributed by atoms with Crippen molar-refractivity contribution >= 4 is 37.6 Å². The van der Waals surface area contributed by atoms with Crippen LogP contribution in [0.3, 0.4) is 0 Å². The van der Waals surface area contributed by atoms with Crippen LogP contribution in [0, 0.1) is 6.92 Å². The number of sulfonamides is 1. The number of halogens is 1. The highest BCUT2D eigenvalue weighted by atomic mass is 79.9. The summed E-state index contributed by atoms with van der Waals surface area (Å²) in [6, 6.07) is 7.06. The van der Waals surface area contributed by atoms with Crippen LogP contribution in [0.1, 0.15) is 15.9 Å². The molecule has 2 rings (SSSR count). The first kappa shape index (κ1) is 19.1. The van der Waals surface area contributed by atoms with Gasteiger partial charge < -0.3 is 14.6 Å². The van der Waals surface area contributed by atoms with Crippen LogP contribution in [0.5, 0.6) is 11.5 Å². The number of hydrogen-bond acceptors (Lipinski definition) is 5. The zero-order valence-corrected chi connectivity index (χ0v) is 16.1. The molecule has 0 heterocycles. The predicted molar refractivity (Wildman–Crippen MR) is 96.2 cm³/mol. The molecule has 2 N–H and O–H groups in total. The molecule has 0 aliphatic rings. The van der Waals surface area contributed by atoms with Gasteiger partial charge in [0.25, 0.3) is 10.0 Å². The molecule has 0 radical (unpaired) electrons. The largest absolute Gasteiger partial charge is 0.497 e.